The van der Waals surface area contributed by atoms with E-state index in [2.05, 4.69) is 57.1 Å². The van der Waals surface area contributed by atoms with Crippen LogP contribution in [0.4, 0.5) is 0 Å². The van der Waals surface area contributed by atoms with Crippen molar-refractivity contribution in [1.29, 1.82) is 0 Å². The van der Waals surface area contributed by atoms with Gasteiger partial charge in [-0.15, -0.1) is 0 Å². The number of alkyl halides is 1. The van der Waals surface area contributed by atoms with Gasteiger partial charge >= 0.3 is 6.15 Å². The van der Waals surface area contributed by atoms with E-state index in [1.165, 1.54) is 37.7 Å². The van der Waals surface area contributed by atoms with Crippen LogP contribution in [0.5, 0.6) is 0 Å². The van der Waals surface area contributed by atoms with Crippen molar-refractivity contribution in [2.45, 2.75) is 121 Å². The maximum atomic E-state index is 11.7. The fourth-order valence-electron chi connectivity index (χ4n) is 10.4. The van der Waals surface area contributed by atoms with Crippen LogP contribution in [0, 0.1) is 46.3 Å². The lowest BCUT2D eigenvalue weighted by Crippen LogP contribution is -2.67. The Morgan fingerprint density at radius 3 is 2.47 bits per heavy atom. The highest BCUT2D eigenvalue weighted by Crippen LogP contribution is 2.79. The molecule has 2 bridgehead atoms. The zero-order chi connectivity index (χ0) is 26.3. The number of hydrogen-bond donors (Lipinski definition) is 1. The summed E-state index contributed by atoms with van der Waals surface area (Å²) in [5, 5.41) is 11.7. The average Bonchev–Trinajstić information content (AvgIpc) is 3.32. The Hall–Kier alpha value is -0.520. The van der Waals surface area contributed by atoms with Crippen LogP contribution < -0.4 is 0 Å². The minimum Gasteiger partial charge on any atom is -0.393 e. The van der Waals surface area contributed by atoms with Crippen LogP contribution in [0.3, 0.4) is 0 Å². The quantitative estimate of drug-likeness (QED) is 0.321. The van der Waals surface area contributed by atoms with Crippen molar-refractivity contribution in [2.75, 3.05) is 0 Å². The molecule has 0 radical (unpaired) electrons. The molecule has 5 nitrogen and oxygen atoms in total. The molecule has 1 N–H and O–H groups in total. The molecular formula is C30H45BrO5. The van der Waals surface area contributed by atoms with Gasteiger partial charge in [-0.3, -0.25) is 0 Å². The number of ether oxygens (including phenoxy) is 2. The minimum atomic E-state index is -0.276. The van der Waals surface area contributed by atoms with Gasteiger partial charge in [0.15, 0.2) is 6.29 Å². The molecule has 12 atom stereocenters. The van der Waals surface area contributed by atoms with Crippen molar-refractivity contribution < 1.29 is 24.2 Å². The van der Waals surface area contributed by atoms with Crippen LogP contribution in [0.2, 0.25) is 0 Å². The molecule has 6 heteroatoms. The van der Waals surface area contributed by atoms with Gasteiger partial charge in [-0.1, -0.05) is 62.2 Å². The third-order valence-corrected chi connectivity index (χ3v) is 13.3. The molecule has 4 saturated carbocycles. The van der Waals surface area contributed by atoms with E-state index in [0.29, 0.717) is 28.0 Å². The molecule has 0 aromatic carbocycles. The Morgan fingerprint density at radius 2 is 1.81 bits per heavy atom. The summed E-state index contributed by atoms with van der Waals surface area (Å²) in [6, 6.07) is 0. The zero-order valence-electron chi connectivity index (χ0n) is 22.7. The number of aliphatic hydroxyl groups is 1. The Balaban J connectivity index is 0.000000848. The highest BCUT2D eigenvalue weighted by molar-refractivity contribution is 9.09. The molecular weight excluding hydrogens is 520 g/mol. The first kappa shape index (κ1) is 27.1. The molecule has 6 fully saturated rings. The number of fused-ring (bicyclic) bond motifs is 2. The lowest BCUT2D eigenvalue weighted by atomic mass is 9.43. The lowest BCUT2D eigenvalue weighted by molar-refractivity contribution is -0.246. The summed E-state index contributed by atoms with van der Waals surface area (Å²) < 4.78 is 14.2. The van der Waals surface area contributed by atoms with E-state index in [4.69, 9.17) is 19.1 Å². The SMILES string of the molecule is C=C(CCC1(C)OC2OC34C(Br)CC5CC(C)CCC5(C)C3CCC23C1CC(O)C34)C(C)C.O=C=O. The standard InChI is InChI=1S/C29H45BrO3.CO2/c1-16(2)18(4)8-11-27(6)22-15-20(31)24-28(22)12-9-21-26(5)10-7-17(3)13-19(26)14-23(30)29(21,24)33-25(28)32-27;2-1-3/h16-17,19-25,31H,4,7-15H2,1-3,5-6H3;. The van der Waals surface area contributed by atoms with Crippen LogP contribution in [0.15, 0.2) is 12.2 Å². The van der Waals surface area contributed by atoms with Crippen LogP contribution in [-0.2, 0) is 19.1 Å². The van der Waals surface area contributed by atoms with Crippen LogP contribution in [0.1, 0.15) is 92.4 Å². The molecule has 2 heterocycles. The summed E-state index contributed by atoms with van der Waals surface area (Å²) >= 11 is 4.20. The molecule has 6 aliphatic rings. The van der Waals surface area contributed by atoms with Gasteiger partial charge in [-0.2, -0.15) is 9.59 Å². The topological polar surface area (TPSA) is 72.8 Å². The molecule has 4 aliphatic carbocycles. The molecule has 6 rings (SSSR count). The third-order valence-electron chi connectivity index (χ3n) is 12.2. The average molecular weight is 566 g/mol. The fraction of sp³-hybridized carbons (Fsp3) is 0.900. The molecule has 0 aromatic heterocycles. The summed E-state index contributed by atoms with van der Waals surface area (Å²) in [6.45, 7) is 16.1. The summed E-state index contributed by atoms with van der Waals surface area (Å²) in [4.78, 5) is 16.6. The minimum absolute atomic E-state index is 0.0129. The van der Waals surface area contributed by atoms with Crippen LogP contribution >= 0.6 is 15.9 Å². The number of hydrogen-bond acceptors (Lipinski definition) is 5. The normalized spacial score (nSPS) is 54.1. The van der Waals surface area contributed by atoms with Gasteiger partial charge in [0.05, 0.1) is 17.3 Å². The third kappa shape index (κ3) is 3.43. The second kappa shape index (κ2) is 9.01. The van der Waals surface area contributed by atoms with Crippen molar-refractivity contribution in [3.63, 3.8) is 0 Å². The Bertz CT molecular complexity index is 930. The van der Waals surface area contributed by atoms with Crippen molar-refractivity contribution in [1.82, 2.24) is 0 Å². The highest BCUT2D eigenvalue weighted by atomic mass is 79.9. The Morgan fingerprint density at radius 1 is 1.11 bits per heavy atom. The van der Waals surface area contributed by atoms with Gasteiger partial charge < -0.3 is 14.6 Å². The van der Waals surface area contributed by atoms with Crippen molar-refractivity contribution >= 4 is 22.1 Å². The summed E-state index contributed by atoms with van der Waals surface area (Å²) in [5.74, 6) is 3.21. The van der Waals surface area contributed by atoms with Crippen molar-refractivity contribution in [3.05, 3.63) is 12.2 Å². The summed E-state index contributed by atoms with van der Waals surface area (Å²) in [5.41, 5.74) is 1.12. The number of rotatable bonds is 4. The van der Waals surface area contributed by atoms with Gasteiger partial charge in [0, 0.05) is 22.1 Å². The van der Waals surface area contributed by atoms with Crippen molar-refractivity contribution in [3.8, 4) is 0 Å². The van der Waals surface area contributed by atoms with Gasteiger partial charge in [-0.05, 0) is 87.4 Å². The van der Waals surface area contributed by atoms with Gasteiger partial charge in [-0.25, -0.2) is 0 Å². The van der Waals surface area contributed by atoms with Crippen LogP contribution in [-0.4, -0.2) is 39.7 Å². The first-order valence-corrected chi connectivity index (χ1v) is 15.2. The predicted molar refractivity (Wildman–Crippen MR) is 140 cm³/mol. The van der Waals surface area contributed by atoms with Gasteiger partial charge in [0.25, 0.3) is 0 Å². The Kier molecular flexibility index (Phi) is 6.78. The highest BCUT2D eigenvalue weighted by Gasteiger charge is 2.84. The van der Waals surface area contributed by atoms with Crippen LogP contribution in [0.25, 0.3) is 0 Å². The van der Waals surface area contributed by atoms with Gasteiger partial charge in [0.1, 0.15) is 0 Å². The number of halogens is 1. The molecule has 2 aliphatic heterocycles. The zero-order valence-corrected chi connectivity index (χ0v) is 24.3. The molecule has 36 heavy (non-hydrogen) atoms. The molecule has 2 spiro atoms. The van der Waals surface area contributed by atoms with E-state index in [-0.39, 0.29) is 41.1 Å². The predicted octanol–water partition coefficient (Wildman–Crippen LogP) is 6.28. The first-order chi connectivity index (χ1) is 16.9. The van der Waals surface area contributed by atoms with E-state index in [9.17, 15) is 5.11 Å². The van der Waals surface area contributed by atoms with E-state index in [1.807, 2.05) is 0 Å². The van der Waals surface area contributed by atoms with Crippen molar-refractivity contribution in [2.24, 2.45) is 46.3 Å². The molecule has 0 aromatic rings. The van der Waals surface area contributed by atoms with E-state index in [0.717, 1.165) is 37.5 Å². The van der Waals surface area contributed by atoms with Gasteiger partial charge in [0.2, 0.25) is 0 Å². The lowest BCUT2D eigenvalue weighted by Gasteiger charge is -2.64. The molecule has 202 valence electrons. The number of allylic oxidation sites excluding steroid dienone is 1. The summed E-state index contributed by atoms with van der Waals surface area (Å²) in [7, 11) is 0. The van der Waals surface area contributed by atoms with E-state index in [1.54, 1.807) is 0 Å². The maximum absolute atomic E-state index is 11.7. The molecule has 12 unspecified atom stereocenters. The molecule has 0 amide bonds. The largest absolute Gasteiger partial charge is 0.393 e. The second-order valence-corrected chi connectivity index (χ2v) is 15.1. The number of carbonyl (C=O) groups excluding carboxylic acids is 2. The second-order valence-electron chi connectivity index (χ2n) is 14.0. The summed E-state index contributed by atoms with van der Waals surface area (Å²) in [6.07, 6.45) is 10.3. The maximum Gasteiger partial charge on any atom is 0.373 e. The smallest absolute Gasteiger partial charge is 0.373 e. The first-order valence-electron chi connectivity index (χ1n) is 14.3. The van der Waals surface area contributed by atoms with E-state index < -0.39 is 0 Å². The number of aliphatic hydroxyl groups excluding tert-OH is 1. The molecule has 2 saturated heterocycles. The monoisotopic (exact) mass is 564 g/mol. The fourth-order valence-corrected chi connectivity index (χ4v) is 11.5. The van der Waals surface area contributed by atoms with E-state index >= 15 is 0 Å². The Labute approximate surface area is 225 Å².